The zero-order chi connectivity index (χ0) is 18.6. The fraction of sp³-hybridized carbons (Fsp3) is 0.174. The molecule has 3 aromatic rings. The molecule has 1 heterocycles. The molecule has 1 aliphatic heterocycles. The van der Waals surface area contributed by atoms with Gasteiger partial charge in [0.25, 0.3) is 5.91 Å². The number of carbonyl (C=O) groups is 1. The van der Waals surface area contributed by atoms with Gasteiger partial charge in [-0.25, -0.2) is 0 Å². The van der Waals surface area contributed by atoms with Crippen LogP contribution in [-0.2, 0) is 0 Å². The van der Waals surface area contributed by atoms with E-state index in [-0.39, 0.29) is 11.9 Å². The predicted molar refractivity (Wildman–Crippen MR) is 109 cm³/mol. The lowest BCUT2D eigenvalue weighted by Gasteiger charge is -2.35. The average molecular weight is 358 g/mol. The van der Waals surface area contributed by atoms with E-state index in [2.05, 4.69) is 23.5 Å². The molecule has 27 heavy (non-hydrogen) atoms. The summed E-state index contributed by atoms with van der Waals surface area (Å²) < 4.78 is 5.19. The monoisotopic (exact) mass is 358 g/mol. The van der Waals surface area contributed by atoms with Crippen molar-refractivity contribution in [2.75, 3.05) is 23.9 Å². The number of benzene rings is 3. The van der Waals surface area contributed by atoms with Gasteiger partial charge in [0.15, 0.2) is 0 Å². The minimum Gasteiger partial charge on any atom is -0.497 e. The quantitative estimate of drug-likeness (QED) is 0.721. The highest BCUT2D eigenvalue weighted by atomic mass is 16.5. The van der Waals surface area contributed by atoms with Crippen molar-refractivity contribution in [3.63, 3.8) is 0 Å². The van der Waals surface area contributed by atoms with Crippen LogP contribution in [0, 0.1) is 0 Å². The van der Waals surface area contributed by atoms with Crippen LogP contribution in [0.3, 0.4) is 0 Å². The molecule has 1 aliphatic rings. The van der Waals surface area contributed by atoms with Gasteiger partial charge in [0.1, 0.15) is 5.75 Å². The van der Waals surface area contributed by atoms with Crippen molar-refractivity contribution in [2.24, 2.45) is 0 Å². The Morgan fingerprint density at radius 2 is 1.67 bits per heavy atom. The molecule has 1 N–H and O–H groups in total. The number of para-hydroxylation sites is 2. The van der Waals surface area contributed by atoms with Gasteiger partial charge in [-0.05, 0) is 54.4 Å². The summed E-state index contributed by atoms with van der Waals surface area (Å²) >= 11 is 0. The molecular weight excluding hydrogens is 336 g/mol. The Hall–Kier alpha value is -3.27. The normalized spacial score (nSPS) is 15.7. The fourth-order valence-electron chi connectivity index (χ4n) is 3.55. The number of nitrogens with one attached hydrogen (secondary N) is 1. The highest BCUT2D eigenvalue weighted by molar-refractivity contribution is 6.07. The Morgan fingerprint density at radius 1 is 0.963 bits per heavy atom. The van der Waals surface area contributed by atoms with Crippen LogP contribution in [0.5, 0.6) is 5.75 Å². The summed E-state index contributed by atoms with van der Waals surface area (Å²) in [6.45, 7) is 0.673. The molecule has 0 bridgehead atoms. The van der Waals surface area contributed by atoms with E-state index in [1.54, 1.807) is 7.11 Å². The van der Waals surface area contributed by atoms with Crippen molar-refractivity contribution in [3.05, 3.63) is 90.0 Å². The third-order valence-electron chi connectivity index (χ3n) is 4.94. The van der Waals surface area contributed by atoms with Gasteiger partial charge in [0, 0.05) is 23.5 Å². The molecule has 136 valence electrons. The van der Waals surface area contributed by atoms with E-state index in [1.165, 1.54) is 0 Å². The standard InChI is InChI=1S/C23H22N2O2/c1-27-19-13-11-17(12-14-19)23(26)25-16-15-21(20-9-5-6-10-22(20)25)24-18-7-3-2-4-8-18/h2-14,21,24H,15-16H2,1H3/t21-/m0/s1. The lowest BCUT2D eigenvalue weighted by atomic mass is 9.95. The molecule has 3 aromatic carbocycles. The summed E-state index contributed by atoms with van der Waals surface area (Å²) in [5.74, 6) is 0.765. The molecule has 0 aromatic heterocycles. The first kappa shape index (κ1) is 17.2. The van der Waals surface area contributed by atoms with Crippen LogP contribution in [0.15, 0.2) is 78.9 Å². The topological polar surface area (TPSA) is 41.6 Å². The molecule has 4 rings (SSSR count). The Bertz CT molecular complexity index is 923. The zero-order valence-corrected chi connectivity index (χ0v) is 15.3. The molecular formula is C23H22N2O2. The number of amides is 1. The van der Waals surface area contributed by atoms with Crippen LogP contribution in [-0.4, -0.2) is 19.6 Å². The minimum absolute atomic E-state index is 0.0169. The van der Waals surface area contributed by atoms with Gasteiger partial charge < -0.3 is 15.0 Å². The largest absolute Gasteiger partial charge is 0.497 e. The molecule has 0 radical (unpaired) electrons. The summed E-state index contributed by atoms with van der Waals surface area (Å²) in [4.78, 5) is 15.0. The van der Waals surface area contributed by atoms with Crippen molar-refractivity contribution in [3.8, 4) is 5.75 Å². The van der Waals surface area contributed by atoms with E-state index >= 15 is 0 Å². The summed E-state index contributed by atoms with van der Waals surface area (Å²) in [7, 11) is 1.62. The number of rotatable bonds is 4. The summed E-state index contributed by atoms with van der Waals surface area (Å²) in [5.41, 5.74) is 3.87. The second kappa shape index (κ2) is 7.54. The van der Waals surface area contributed by atoms with Gasteiger partial charge in [0.05, 0.1) is 13.2 Å². The van der Waals surface area contributed by atoms with Gasteiger partial charge in [-0.15, -0.1) is 0 Å². The fourth-order valence-corrected chi connectivity index (χ4v) is 3.55. The van der Waals surface area contributed by atoms with Crippen molar-refractivity contribution in [1.29, 1.82) is 0 Å². The Kier molecular flexibility index (Phi) is 4.79. The van der Waals surface area contributed by atoms with Crippen molar-refractivity contribution in [1.82, 2.24) is 0 Å². The first-order chi connectivity index (χ1) is 13.3. The predicted octanol–water partition coefficient (Wildman–Crippen LogP) is 4.90. The van der Waals surface area contributed by atoms with Crippen LogP contribution in [0.2, 0.25) is 0 Å². The Balaban J connectivity index is 1.61. The highest BCUT2D eigenvalue weighted by Crippen LogP contribution is 2.36. The lowest BCUT2D eigenvalue weighted by molar-refractivity contribution is 0.0984. The van der Waals surface area contributed by atoms with E-state index < -0.39 is 0 Å². The third kappa shape index (κ3) is 3.51. The van der Waals surface area contributed by atoms with E-state index in [9.17, 15) is 4.79 Å². The van der Waals surface area contributed by atoms with Gasteiger partial charge >= 0.3 is 0 Å². The van der Waals surface area contributed by atoms with Crippen LogP contribution < -0.4 is 15.0 Å². The summed E-state index contributed by atoms with van der Waals surface area (Å²) in [6.07, 6.45) is 0.855. The lowest BCUT2D eigenvalue weighted by Crippen LogP contribution is -2.38. The van der Waals surface area contributed by atoms with E-state index in [1.807, 2.05) is 65.6 Å². The van der Waals surface area contributed by atoms with E-state index in [4.69, 9.17) is 4.74 Å². The molecule has 0 saturated carbocycles. The number of carbonyl (C=O) groups excluding carboxylic acids is 1. The minimum atomic E-state index is 0.0169. The first-order valence-corrected chi connectivity index (χ1v) is 9.12. The van der Waals surface area contributed by atoms with E-state index in [0.29, 0.717) is 12.1 Å². The Morgan fingerprint density at radius 3 is 2.41 bits per heavy atom. The van der Waals surface area contributed by atoms with Crippen molar-refractivity contribution >= 4 is 17.3 Å². The van der Waals surface area contributed by atoms with E-state index in [0.717, 1.165) is 29.1 Å². The summed E-state index contributed by atoms with van der Waals surface area (Å²) in [5, 5.41) is 3.60. The number of ether oxygens (including phenoxy) is 1. The van der Waals surface area contributed by atoms with Gasteiger partial charge in [0.2, 0.25) is 0 Å². The summed E-state index contributed by atoms with van der Waals surface area (Å²) in [6, 6.07) is 25.8. The number of fused-ring (bicyclic) bond motifs is 1. The van der Waals surface area contributed by atoms with Crippen molar-refractivity contribution < 1.29 is 9.53 Å². The molecule has 4 heteroatoms. The van der Waals surface area contributed by atoms with Gasteiger partial charge in [-0.2, -0.15) is 0 Å². The molecule has 0 fully saturated rings. The number of hydrogen-bond acceptors (Lipinski definition) is 3. The second-order valence-electron chi connectivity index (χ2n) is 6.60. The SMILES string of the molecule is COc1ccc(C(=O)N2CC[C@H](Nc3ccccc3)c3ccccc32)cc1. The Labute approximate surface area is 159 Å². The molecule has 0 unspecified atom stereocenters. The second-order valence-corrected chi connectivity index (χ2v) is 6.60. The molecule has 0 spiro atoms. The van der Waals surface area contributed by atoms with Crippen LogP contribution in [0.4, 0.5) is 11.4 Å². The molecule has 1 atom stereocenters. The average Bonchev–Trinajstić information content (AvgIpc) is 2.74. The van der Waals surface area contributed by atoms with Crippen LogP contribution in [0.1, 0.15) is 28.4 Å². The number of nitrogens with zero attached hydrogens (tertiary/aromatic N) is 1. The highest BCUT2D eigenvalue weighted by Gasteiger charge is 2.29. The smallest absolute Gasteiger partial charge is 0.258 e. The molecule has 1 amide bonds. The van der Waals surface area contributed by atoms with Gasteiger partial charge in [-0.3, -0.25) is 4.79 Å². The first-order valence-electron chi connectivity index (χ1n) is 9.12. The molecule has 4 nitrogen and oxygen atoms in total. The maximum atomic E-state index is 13.1. The third-order valence-corrected chi connectivity index (χ3v) is 4.94. The number of anilines is 2. The number of hydrogen-bond donors (Lipinski definition) is 1. The number of methoxy groups -OCH3 is 1. The van der Waals surface area contributed by atoms with Crippen LogP contribution >= 0.6 is 0 Å². The van der Waals surface area contributed by atoms with Crippen molar-refractivity contribution in [2.45, 2.75) is 12.5 Å². The van der Waals surface area contributed by atoms with Crippen LogP contribution in [0.25, 0.3) is 0 Å². The maximum Gasteiger partial charge on any atom is 0.258 e. The van der Waals surface area contributed by atoms with Gasteiger partial charge in [-0.1, -0.05) is 36.4 Å². The molecule has 0 aliphatic carbocycles. The maximum absolute atomic E-state index is 13.1. The zero-order valence-electron chi connectivity index (χ0n) is 15.3. The molecule has 0 saturated heterocycles.